The van der Waals surface area contributed by atoms with Crippen LogP contribution < -0.4 is 0 Å². The number of unbranched alkanes of at least 4 members (excludes halogenated alkanes) is 1. The summed E-state index contributed by atoms with van der Waals surface area (Å²) >= 11 is 0. The maximum absolute atomic E-state index is 11.9. The molecule has 0 amide bonds. The van der Waals surface area contributed by atoms with E-state index in [-0.39, 0.29) is 28.6 Å². The molecule has 7 heteroatoms. The van der Waals surface area contributed by atoms with Crippen LogP contribution in [0.4, 0.5) is 0 Å². The molecule has 0 radical (unpaired) electrons. The van der Waals surface area contributed by atoms with Crippen molar-refractivity contribution in [3.63, 3.8) is 0 Å². The van der Waals surface area contributed by atoms with Crippen molar-refractivity contribution in [2.24, 2.45) is 21.7 Å². The summed E-state index contributed by atoms with van der Waals surface area (Å²) in [6, 6.07) is 0. The van der Waals surface area contributed by atoms with E-state index in [0.29, 0.717) is 26.1 Å². The molecule has 1 atom stereocenters. The first-order valence-electron chi connectivity index (χ1n) is 13.6. The van der Waals surface area contributed by atoms with Gasteiger partial charge in [-0.2, -0.15) is 0 Å². The molecule has 1 aliphatic carbocycles. The summed E-state index contributed by atoms with van der Waals surface area (Å²) in [7, 11) is 0. The summed E-state index contributed by atoms with van der Waals surface area (Å²) in [4.78, 5) is 46.8. The van der Waals surface area contributed by atoms with Crippen LogP contribution in [-0.2, 0) is 33.4 Å². The maximum atomic E-state index is 11.9. The average molecular weight is 523 g/mol. The lowest BCUT2D eigenvalue weighted by Gasteiger charge is -2.28. The Balaban J connectivity index is 0.000000384. The van der Waals surface area contributed by atoms with Crippen molar-refractivity contribution >= 4 is 23.7 Å². The van der Waals surface area contributed by atoms with Crippen LogP contribution in [0.1, 0.15) is 114 Å². The fourth-order valence-corrected chi connectivity index (χ4v) is 3.94. The van der Waals surface area contributed by atoms with E-state index in [4.69, 9.17) is 14.2 Å². The van der Waals surface area contributed by atoms with E-state index in [1.165, 1.54) is 5.57 Å². The van der Waals surface area contributed by atoms with Gasteiger partial charge in [0.1, 0.15) is 6.61 Å². The van der Waals surface area contributed by atoms with Crippen molar-refractivity contribution in [1.29, 1.82) is 0 Å². The molecule has 37 heavy (non-hydrogen) atoms. The second-order valence-corrected chi connectivity index (χ2v) is 13.2. The molecular formula is C30H50O7. The number of rotatable bonds is 10. The van der Waals surface area contributed by atoms with Crippen LogP contribution in [0.15, 0.2) is 11.6 Å². The number of hydrogen-bond acceptors (Lipinski definition) is 7. The second kappa shape index (κ2) is 13.1. The summed E-state index contributed by atoms with van der Waals surface area (Å²) in [5.74, 6) is -0.646. The molecule has 0 aromatic carbocycles. The van der Waals surface area contributed by atoms with Crippen LogP contribution in [0.2, 0.25) is 0 Å². The van der Waals surface area contributed by atoms with Gasteiger partial charge in [-0.3, -0.25) is 14.4 Å². The van der Waals surface area contributed by atoms with Crippen LogP contribution in [-0.4, -0.2) is 43.0 Å². The van der Waals surface area contributed by atoms with Gasteiger partial charge in [-0.15, -0.1) is 0 Å². The first-order chi connectivity index (χ1) is 16.9. The summed E-state index contributed by atoms with van der Waals surface area (Å²) in [5, 5.41) is 0. The highest BCUT2D eigenvalue weighted by atomic mass is 16.6. The average Bonchev–Trinajstić information content (AvgIpc) is 3.04. The predicted octanol–water partition coefficient (Wildman–Crippen LogP) is 6.37. The van der Waals surface area contributed by atoms with Crippen molar-refractivity contribution in [1.82, 2.24) is 0 Å². The summed E-state index contributed by atoms with van der Waals surface area (Å²) in [6.45, 7) is 20.1. The molecule has 0 saturated carbocycles. The molecule has 0 bridgehead atoms. The van der Waals surface area contributed by atoms with E-state index < -0.39 is 22.9 Å². The number of hydrogen-bond donors (Lipinski definition) is 0. The van der Waals surface area contributed by atoms with Crippen LogP contribution in [0.25, 0.3) is 0 Å². The predicted molar refractivity (Wildman–Crippen MR) is 144 cm³/mol. The number of carbonyl (C=O) groups is 4. The number of ketones is 1. The molecule has 1 fully saturated rings. The highest BCUT2D eigenvalue weighted by Gasteiger charge is 2.48. The van der Waals surface area contributed by atoms with Gasteiger partial charge >= 0.3 is 17.9 Å². The zero-order valence-corrected chi connectivity index (χ0v) is 24.9. The summed E-state index contributed by atoms with van der Waals surface area (Å²) in [5.41, 5.74) is -0.0344. The van der Waals surface area contributed by atoms with E-state index in [9.17, 15) is 19.2 Å². The van der Waals surface area contributed by atoms with E-state index in [0.717, 1.165) is 32.1 Å². The van der Waals surface area contributed by atoms with E-state index in [2.05, 4.69) is 13.8 Å². The van der Waals surface area contributed by atoms with Crippen molar-refractivity contribution in [2.75, 3.05) is 13.2 Å². The summed E-state index contributed by atoms with van der Waals surface area (Å²) in [6.07, 6.45) is 6.92. The molecule has 2 aliphatic rings. The van der Waals surface area contributed by atoms with Crippen molar-refractivity contribution in [2.45, 2.75) is 120 Å². The van der Waals surface area contributed by atoms with Gasteiger partial charge in [0.15, 0.2) is 5.78 Å². The van der Waals surface area contributed by atoms with Crippen molar-refractivity contribution < 1.29 is 33.4 Å². The van der Waals surface area contributed by atoms with E-state index >= 15 is 0 Å². The Morgan fingerprint density at radius 2 is 1.51 bits per heavy atom. The quantitative estimate of drug-likeness (QED) is 0.187. The lowest BCUT2D eigenvalue weighted by Crippen LogP contribution is -2.39. The van der Waals surface area contributed by atoms with Crippen molar-refractivity contribution in [3.05, 3.63) is 11.6 Å². The molecule has 1 heterocycles. The smallest absolute Gasteiger partial charge is 0.348 e. The minimum absolute atomic E-state index is 0.0960. The second-order valence-electron chi connectivity index (χ2n) is 13.2. The molecule has 1 unspecified atom stereocenters. The minimum atomic E-state index is -0.772. The zero-order chi connectivity index (χ0) is 28.7. The first-order valence-corrected chi connectivity index (χ1v) is 13.6. The third kappa shape index (κ3) is 10.2. The Morgan fingerprint density at radius 3 is 2.00 bits per heavy atom. The normalized spacial score (nSPS) is 20.8. The van der Waals surface area contributed by atoms with Gasteiger partial charge in [-0.25, -0.2) is 4.79 Å². The van der Waals surface area contributed by atoms with Gasteiger partial charge in [0, 0.05) is 11.8 Å². The number of cyclic esters (lactones) is 1. The Labute approximate surface area is 224 Å². The van der Waals surface area contributed by atoms with E-state index in [1.54, 1.807) is 0 Å². The Kier molecular flexibility index (Phi) is 11.6. The molecule has 0 N–H and O–H groups in total. The number of carbonyl (C=O) groups excluding carboxylic acids is 4. The van der Waals surface area contributed by atoms with Gasteiger partial charge < -0.3 is 14.2 Å². The number of ether oxygens (including phenoxy) is 3. The Morgan fingerprint density at radius 1 is 0.946 bits per heavy atom. The molecule has 7 nitrogen and oxygen atoms in total. The monoisotopic (exact) mass is 522 g/mol. The van der Waals surface area contributed by atoms with Gasteiger partial charge in [0.25, 0.3) is 0 Å². The fourth-order valence-electron chi connectivity index (χ4n) is 3.94. The topological polar surface area (TPSA) is 96.0 Å². The lowest BCUT2D eigenvalue weighted by molar-refractivity contribution is -0.170. The molecule has 0 aromatic heterocycles. The van der Waals surface area contributed by atoms with Crippen LogP contribution in [0.3, 0.4) is 0 Å². The fraction of sp³-hybridized carbons (Fsp3) is 0.800. The highest BCUT2D eigenvalue weighted by molar-refractivity contribution is 5.91. The SMILES string of the molecule is CCC(C)(C)C(=O)OC1C(=O)OCC1(C)C.CCC(C)(C)C(=O)OCCCCC1=CC(=O)CC(C)(C)C1. The Bertz CT molecular complexity index is 861. The Hall–Kier alpha value is -2.18. The number of esters is 3. The lowest BCUT2D eigenvalue weighted by atomic mass is 9.76. The highest BCUT2D eigenvalue weighted by Crippen LogP contribution is 2.36. The third-order valence-electron chi connectivity index (χ3n) is 7.46. The van der Waals surface area contributed by atoms with Gasteiger partial charge in [0.05, 0.1) is 17.4 Å². The van der Waals surface area contributed by atoms with Gasteiger partial charge in [-0.05, 0) is 77.7 Å². The summed E-state index contributed by atoms with van der Waals surface area (Å²) < 4.78 is 15.5. The molecule has 0 spiro atoms. The molecular weight excluding hydrogens is 472 g/mol. The van der Waals surface area contributed by atoms with Gasteiger partial charge in [0.2, 0.25) is 6.10 Å². The largest absolute Gasteiger partial charge is 0.465 e. The maximum Gasteiger partial charge on any atom is 0.348 e. The zero-order valence-electron chi connectivity index (χ0n) is 24.9. The molecule has 212 valence electrons. The molecule has 1 aliphatic heterocycles. The van der Waals surface area contributed by atoms with Crippen LogP contribution in [0, 0.1) is 21.7 Å². The number of allylic oxidation sites excluding steroid dienone is 2. The van der Waals surface area contributed by atoms with Crippen molar-refractivity contribution in [3.8, 4) is 0 Å². The standard InChI is InChI=1S/C18H30O3.C12H20O4/c1-6-18(4,5)16(20)21-10-8-7-9-14-11-15(19)13-17(2,3)12-14;1-6-11(2,3)10(14)16-8-9(13)15-7-12(8,4)5/h11H,6-10,12-13H2,1-5H3;8H,6-7H2,1-5H3. The molecule has 0 aromatic rings. The van der Waals surface area contributed by atoms with Crippen LogP contribution >= 0.6 is 0 Å². The van der Waals surface area contributed by atoms with E-state index in [1.807, 2.05) is 61.5 Å². The first kappa shape index (κ1) is 32.8. The molecule has 2 rings (SSSR count). The van der Waals surface area contributed by atoms with Crippen LogP contribution in [0.5, 0.6) is 0 Å². The van der Waals surface area contributed by atoms with Gasteiger partial charge in [-0.1, -0.05) is 47.1 Å². The minimum Gasteiger partial charge on any atom is -0.465 e. The third-order valence-corrected chi connectivity index (χ3v) is 7.46. The molecule has 1 saturated heterocycles.